The van der Waals surface area contributed by atoms with Crippen molar-refractivity contribution in [1.29, 1.82) is 0 Å². The highest BCUT2D eigenvalue weighted by Crippen LogP contribution is 2.59. The standard InChI is InChI=1S/C12H18O/c1-12(2)10-5-4-9(6-7-13-3)11(12)8-10/h4,6-7,10-11H,5,8H2,1-3H3. The van der Waals surface area contributed by atoms with E-state index in [0.717, 1.165) is 11.8 Å². The second-order valence-corrected chi connectivity index (χ2v) is 4.78. The summed E-state index contributed by atoms with van der Waals surface area (Å²) in [5.74, 6) is 1.70. The van der Waals surface area contributed by atoms with E-state index in [1.54, 1.807) is 13.4 Å². The SMILES string of the molecule is COC=CC1=CCC2CC1C2(C)C. The Morgan fingerprint density at radius 1 is 1.54 bits per heavy atom. The number of allylic oxidation sites excluding steroid dienone is 3. The van der Waals surface area contributed by atoms with Gasteiger partial charge in [-0.15, -0.1) is 0 Å². The molecule has 1 heteroatoms. The summed E-state index contributed by atoms with van der Waals surface area (Å²) in [6.45, 7) is 4.78. The number of hydrogen-bond donors (Lipinski definition) is 0. The number of ether oxygens (including phenoxy) is 1. The summed E-state index contributed by atoms with van der Waals surface area (Å²) < 4.78 is 4.96. The third-order valence-electron chi connectivity index (χ3n) is 3.91. The fourth-order valence-electron chi connectivity index (χ4n) is 2.73. The molecule has 0 saturated heterocycles. The van der Waals surface area contributed by atoms with Gasteiger partial charge in [-0.1, -0.05) is 19.9 Å². The summed E-state index contributed by atoms with van der Waals surface area (Å²) in [6.07, 6.45) is 8.93. The minimum absolute atomic E-state index is 0.530. The minimum atomic E-state index is 0.530. The van der Waals surface area contributed by atoms with Crippen LogP contribution in [0.5, 0.6) is 0 Å². The molecule has 2 bridgehead atoms. The van der Waals surface area contributed by atoms with Gasteiger partial charge >= 0.3 is 0 Å². The van der Waals surface area contributed by atoms with Gasteiger partial charge in [0.15, 0.2) is 0 Å². The molecule has 0 aromatic heterocycles. The van der Waals surface area contributed by atoms with Gasteiger partial charge < -0.3 is 4.74 Å². The van der Waals surface area contributed by atoms with Gasteiger partial charge in [-0.25, -0.2) is 0 Å². The molecule has 1 fully saturated rings. The van der Waals surface area contributed by atoms with Crippen LogP contribution in [-0.4, -0.2) is 7.11 Å². The van der Waals surface area contributed by atoms with E-state index >= 15 is 0 Å². The van der Waals surface area contributed by atoms with Crippen molar-refractivity contribution in [3.63, 3.8) is 0 Å². The van der Waals surface area contributed by atoms with E-state index in [-0.39, 0.29) is 0 Å². The maximum Gasteiger partial charge on any atom is 0.0827 e. The maximum absolute atomic E-state index is 4.96. The highest BCUT2D eigenvalue weighted by molar-refractivity contribution is 5.31. The first kappa shape index (κ1) is 8.86. The van der Waals surface area contributed by atoms with Crippen molar-refractivity contribution < 1.29 is 4.74 Å². The zero-order chi connectivity index (χ0) is 9.47. The Labute approximate surface area is 80.5 Å². The van der Waals surface area contributed by atoms with Crippen LogP contribution in [0, 0.1) is 17.3 Å². The lowest BCUT2D eigenvalue weighted by Crippen LogP contribution is -2.47. The lowest BCUT2D eigenvalue weighted by Gasteiger charge is -2.56. The van der Waals surface area contributed by atoms with Gasteiger partial charge in [-0.2, -0.15) is 0 Å². The third-order valence-corrected chi connectivity index (χ3v) is 3.91. The van der Waals surface area contributed by atoms with Crippen LogP contribution < -0.4 is 0 Å². The molecule has 1 saturated carbocycles. The first-order chi connectivity index (χ1) is 6.16. The second kappa shape index (κ2) is 2.90. The summed E-state index contributed by atoms with van der Waals surface area (Å²) in [5.41, 5.74) is 2.01. The molecule has 3 aliphatic rings. The Morgan fingerprint density at radius 2 is 2.31 bits per heavy atom. The van der Waals surface area contributed by atoms with Crippen molar-refractivity contribution in [2.45, 2.75) is 26.7 Å². The smallest absolute Gasteiger partial charge is 0.0827 e. The molecule has 13 heavy (non-hydrogen) atoms. The van der Waals surface area contributed by atoms with E-state index < -0.39 is 0 Å². The Bertz CT molecular complexity index is 260. The number of fused-ring (bicyclic) bond motifs is 1. The zero-order valence-corrected chi connectivity index (χ0v) is 8.71. The largest absolute Gasteiger partial charge is 0.504 e. The van der Waals surface area contributed by atoms with Crippen molar-refractivity contribution in [3.8, 4) is 0 Å². The zero-order valence-electron chi connectivity index (χ0n) is 8.71. The lowest BCUT2D eigenvalue weighted by molar-refractivity contribution is -0.00345. The van der Waals surface area contributed by atoms with Gasteiger partial charge in [0.05, 0.1) is 13.4 Å². The molecule has 0 aliphatic heterocycles. The summed E-state index contributed by atoms with van der Waals surface area (Å²) in [6, 6.07) is 0. The molecule has 0 amide bonds. The number of methoxy groups -OCH3 is 1. The van der Waals surface area contributed by atoms with Crippen molar-refractivity contribution in [2.24, 2.45) is 17.3 Å². The molecular formula is C12H18O. The maximum atomic E-state index is 4.96. The summed E-state index contributed by atoms with van der Waals surface area (Å²) in [5, 5.41) is 0. The van der Waals surface area contributed by atoms with Gasteiger partial charge in [0, 0.05) is 0 Å². The quantitative estimate of drug-likeness (QED) is 0.590. The van der Waals surface area contributed by atoms with E-state index in [0.29, 0.717) is 5.41 Å². The van der Waals surface area contributed by atoms with Gasteiger partial charge in [0.1, 0.15) is 0 Å². The number of hydrogen-bond acceptors (Lipinski definition) is 1. The Hall–Kier alpha value is -0.720. The van der Waals surface area contributed by atoms with E-state index in [4.69, 9.17) is 4.74 Å². The normalized spacial score (nSPS) is 35.5. The topological polar surface area (TPSA) is 9.23 Å². The average Bonchev–Trinajstić information content (AvgIpc) is 2.14. The molecule has 0 aromatic rings. The van der Waals surface area contributed by atoms with Crippen LogP contribution in [0.3, 0.4) is 0 Å². The molecule has 0 heterocycles. The molecule has 3 aliphatic carbocycles. The summed E-state index contributed by atoms with van der Waals surface area (Å²) in [7, 11) is 1.70. The van der Waals surface area contributed by atoms with Crippen LogP contribution in [0.4, 0.5) is 0 Å². The van der Waals surface area contributed by atoms with E-state index in [9.17, 15) is 0 Å². The monoisotopic (exact) mass is 178 g/mol. The molecule has 0 N–H and O–H groups in total. The van der Waals surface area contributed by atoms with Crippen LogP contribution in [0.2, 0.25) is 0 Å². The third kappa shape index (κ3) is 1.21. The van der Waals surface area contributed by atoms with Crippen molar-refractivity contribution in [1.82, 2.24) is 0 Å². The van der Waals surface area contributed by atoms with Crippen molar-refractivity contribution in [2.75, 3.05) is 7.11 Å². The second-order valence-electron chi connectivity index (χ2n) is 4.78. The summed E-state index contributed by atoms with van der Waals surface area (Å²) >= 11 is 0. The first-order valence-corrected chi connectivity index (χ1v) is 5.05. The van der Waals surface area contributed by atoms with Gasteiger partial charge in [-0.05, 0) is 41.7 Å². The van der Waals surface area contributed by atoms with Gasteiger partial charge in [0.25, 0.3) is 0 Å². The van der Waals surface area contributed by atoms with E-state index in [2.05, 4.69) is 26.0 Å². The molecule has 1 nitrogen and oxygen atoms in total. The molecule has 2 unspecified atom stereocenters. The first-order valence-electron chi connectivity index (χ1n) is 5.05. The molecular weight excluding hydrogens is 160 g/mol. The van der Waals surface area contributed by atoms with Crippen molar-refractivity contribution in [3.05, 3.63) is 24.0 Å². The van der Waals surface area contributed by atoms with Gasteiger partial charge in [0.2, 0.25) is 0 Å². The Balaban J connectivity index is 2.14. The predicted molar refractivity (Wildman–Crippen MR) is 54.2 cm³/mol. The fourth-order valence-corrected chi connectivity index (χ4v) is 2.73. The summed E-state index contributed by atoms with van der Waals surface area (Å²) in [4.78, 5) is 0. The number of rotatable bonds is 2. The highest BCUT2D eigenvalue weighted by Gasteiger charge is 2.50. The van der Waals surface area contributed by atoms with Crippen LogP contribution in [0.25, 0.3) is 0 Å². The van der Waals surface area contributed by atoms with Crippen LogP contribution >= 0.6 is 0 Å². The Kier molecular flexibility index (Phi) is 1.98. The molecule has 2 atom stereocenters. The lowest BCUT2D eigenvalue weighted by atomic mass is 9.49. The molecule has 3 rings (SSSR count). The Morgan fingerprint density at radius 3 is 2.85 bits per heavy atom. The van der Waals surface area contributed by atoms with Gasteiger partial charge in [-0.3, -0.25) is 0 Å². The molecule has 0 spiro atoms. The van der Waals surface area contributed by atoms with E-state index in [1.165, 1.54) is 18.4 Å². The minimum Gasteiger partial charge on any atom is -0.504 e. The molecule has 0 aromatic carbocycles. The predicted octanol–water partition coefficient (Wildman–Crippen LogP) is 3.14. The highest BCUT2D eigenvalue weighted by atomic mass is 16.5. The van der Waals surface area contributed by atoms with Crippen LogP contribution in [0.15, 0.2) is 24.0 Å². The van der Waals surface area contributed by atoms with Crippen molar-refractivity contribution >= 4 is 0 Å². The average molecular weight is 178 g/mol. The van der Waals surface area contributed by atoms with Crippen LogP contribution in [-0.2, 0) is 4.74 Å². The molecule has 0 radical (unpaired) electrons. The van der Waals surface area contributed by atoms with Crippen LogP contribution in [0.1, 0.15) is 26.7 Å². The fraction of sp³-hybridized carbons (Fsp3) is 0.667. The molecule has 72 valence electrons. The van der Waals surface area contributed by atoms with E-state index in [1.807, 2.05) is 0 Å².